The fraction of sp³-hybridized carbons (Fsp3) is 0.346. The first-order valence-corrected chi connectivity index (χ1v) is 11.8. The maximum absolute atomic E-state index is 13.7. The quantitative estimate of drug-likeness (QED) is 0.423. The smallest absolute Gasteiger partial charge is 0.321 e. The van der Waals surface area contributed by atoms with Crippen LogP contribution in [0.3, 0.4) is 0 Å². The summed E-state index contributed by atoms with van der Waals surface area (Å²) in [4.78, 5) is 32.8. The predicted molar refractivity (Wildman–Crippen MR) is 131 cm³/mol. The van der Waals surface area contributed by atoms with Crippen molar-refractivity contribution in [2.24, 2.45) is 7.05 Å². The Kier molecular flexibility index (Phi) is 5.89. The highest BCUT2D eigenvalue weighted by Gasteiger charge is 2.36. The summed E-state index contributed by atoms with van der Waals surface area (Å²) >= 11 is 0. The molecule has 186 valence electrons. The van der Waals surface area contributed by atoms with Gasteiger partial charge in [-0.15, -0.1) is 0 Å². The number of aromatic nitrogens is 5. The van der Waals surface area contributed by atoms with E-state index in [0.29, 0.717) is 18.4 Å². The van der Waals surface area contributed by atoms with Crippen LogP contribution in [0.4, 0.5) is 8.78 Å². The van der Waals surface area contributed by atoms with Crippen LogP contribution >= 0.6 is 0 Å². The van der Waals surface area contributed by atoms with Crippen molar-refractivity contribution < 1.29 is 13.6 Å². The van der Waals surface area contributed by atoms with E-state index in [4.69, 9.17) is 0 Å². The zero-order valence-corrected chi connectivity index (χ0v) is 20.2. The van der Waals surface area contributed by atoms with Gasteiger partial charge < -0.3 is 9.88 Å². The van der Waals surface area contributed by atoms with Crippen molar-refractivity contribution in [3.63, 3.8) is 0 Å². The third-order valence-corrected chi connectivity index (χ3v) is 6.49. The zero-order chi connectivity index (χ0) is 25.6. The van der Waals surface area contributed by atoms with Crippen LogP contribution in [0.25, 0.3) is 22.0 Å². The molecule has 3 heterocycles. The van der Waals surface area contributed by atoms with Crippen molar-refractivity contribution in [1.82, 2.24) is 29.6 Å². The number of pyridine rings is 1. The minimum atomic E-state index is -3.51. The molecule has 8 nitrogen and oxygen atoms in total. The van der Waals surface area contributed by atoms with Gasteiger partial charge in [0.1, 0.15) is 11.9 Å². The first-order valence-electron chi connectivity index (χ1n) is 11.8. The lowest BCUT2D eigenvalue weighted by Gasteiger charge is -2.27. The molecule has 3 aromatic heterocycles. The largest absolute Gasteiger partial charge is 0.346 e. The van der Waals surface area contributed by atoms with E-state index in [1.165, 1.54) is 10.6 Å². The molecule has 36 heavy (non-hydrogen) atoms. The van der Waals surface area contributed by atoms with E-state index in [9.17, 15) is 18.4 Å². The third-order valence-electron chi connectivity index (χ3n) is 6.49. The van der Waals surface area contributed by atoms with E-state index in [1.54, 1.807) is 49.5 Å². The monoisotopic (exact) mass is 492 g/mol. The Labute approximate surface area is 206 Å². The van der Waals surface area contributed by atoms with Gasteiger partial charge in [-0.25, -0.2) is 9.97 Å². The topological polar surface area (TPSA) is 94.7 Å². The lowest BCUT2D eigenvalue weighted by atomic mass is 10.0. The molecule has 0 radical (unpaired) electrons. The molecule has 0 aliphatic heterocycles. The number of halogens is 2. The van der Waals surface area contributed by atoms with Crippen molar-refractivity contribution in [2.45, 2.75) is 50.6 Å². The molecule has 1 N–H and O–H groups in total. The van der Waals surface area contributed by atoms with Gasteiger partial charge in [0.15, 0.2) is 0 Å². The molecule has 10 heteroatoms. The summed E-state index contributed by atoms with van der Waals surface area (Å²) in [5.74, 6) is -3.73. The number of rotatable bonds is 7. The van der Waals surface area contributed by atoms with Gasteiger partial charge in [0.05, 0.1) is 17.8 Å². The summed E-state index contributed by atoms with van der Waals surface area (Å²) in [6.07, 6.45) is 8.94. The SMILES string of the molecule is CC(NC(=O)C(C)(F)F)[C@@H](c1cnc(C2CC2)nc1)n1ncc2cc(-c3ccc(=O)n(C)c3)ccc21. The summed E-state index contributed by atoms with van der Waals surface area (Å²) in [6.45, 7) is 2.23. The number of fused-ring (bicyclic) bond motifs is 1. The molecule has 0 spiro atoms. The minimum absolute atomic E-state index is 0.0981. The molecule has 1 fully saturated rings. The van der Waals surface area contributed by atoms with Gasteiger partial charge in [-0.3, -0.25) is 14.3 Å². The fourth-order valence-electron chi connectivity index (χ4n) is 4.33. The number of amides is 1. The number of alkyl halides is 2. The molecule has 1 aromatic carbocycles. The average Bonchev–Trinajstić information content (AvgIpc) is 3.61. The van der Waals surface area contributed by atoms with Gasteiger partial charge >= 0.3 is 5.92 Å². The second-order valence-corrected chi connectivity index (χ2v) is 9.47. The molecule has 2 atom stereocenters. The number of carbonyl (C=O) groups excluding carboxylic acids is 1. The zero-order valence-electron chi connectivity index (χ0n) is 20.2. The van der Waals surface area contributed by atoms with Crippen LogP contribution in [-0.2, 0) is 11.8 Å². The van der Waals surface area contributed by atoms with E-state index in [-0.39, 0.29) is 5.56 Å². The highest BCUT2D eigenvalue weighted by atomic mass is 19.3. The lowest BCUT2D eigenvalue weighted by molar-refractivity contribution is -0.143. The highest BCUT2D eigenvalue weighted by molar-refractivity contribution is 5.85. The van der Waals surface area contributed by atoms with Crippen molar-refractivity contribution >= 4 is 16.8 Å². The van der Waals surface area contributed by atoms with Crippen LogP contribution in [0.1, 0.15) is 50.0 Å². The molecule has 5 rings (SSSR count). The first kappa shape index (κ1) is 23.8. The number of hydrogen-bond donors (Lipinski definition) is 1. The van der Waals surface area contributed by atoms with E-state index >= 15 is 0 Å². The van der Waals surface area contributed by atoms with Crippen LogP contribution in [0.2, 0.25) is 0 Å². The maximum atomic E-state index is 13.7. The van der Waals surface area contributed by atoms with Gasteiger partial charge in [0, 0.05) is 55.5 Å². The van der Waals surface area contributed by atoms with Crippen LogP contribution in [0, 0.1) is 0 Å². The molecule has 1 aliphatic rings. The molecule has 4 aromatic rings. The van der Waals surface area contributed by atoms with E-state index < -0.39 is 23.9 Å². The first-order chi connectivity index (χ1) is 17.1. The minimum Gasteiger partial charge on any atom is -0.346 e. The van der Waals surface area contributed by atoms with Crippen LogP contribution < -0.4 is 10.9 Å². The summed E-state index contributed by atoms with van der Waals surface area (Å²) in [5.41, 5.74) is 3.08. The normalized spacial score (nSPS) is 15.6. The second-order valence-electron chi connectivity index (χ2n) is 9.47. The molecule has 1 unspecified atom stereocenters. The average molecular weight is 493 g/mol. The maximum Gasteiger partial charge on any atom is 0.321 e. The Morgan fingerprint density at radius 3 is 2.44 bits per heavy atom. The summed E-state index contributed by atoms with van der Waals surface area (Å²) in [5, 5.41) is 7.82. The van der Waals surface area contributed by atoms with Gasteiger partial charge in [0.25, 0.3) is 5.91 Å². The summed E-state index contributed by atoms with van der Waals surface area (Å²) in [6, 6.07) is 7.67. The highest BCUT2D eigenvalue weighted by Crippen LogP contribution is 2.38. The lowest BCUT2D eigenvalue weighted by Crippen LogP contribution is -2.46. The number of hydrogen-bond acceptors (Lipinski definition) is 5. The van der Waals surface area contributed by atoms with Crippen molar-refractivity contribution in [2.75, 3.05) is 0 Å². The Bertz CT molecular complexity index is 1490. The van der Waals surface area contributed by atoms with Crippen LogP contribution in [0.5, 0.6) is 0 Å². The Morgan fingerprint density at radius 1 is 1.11 bits per heavy atom. The van der Waals surface area contributed by atoms with Gasteiger partial charge in [-0.05, 0) is 49.1 Å². The molecule has 1 saturated carbocycles. The fourth-order valence-corrected chi connectivity index (χ4v) is 4.33. The van der Waals surface area contributed by atoms with Crippen molar-refractivity contribution in [3.8, 4) is 11.1 Å². The molecular formula is C26H26F2N6O2. The molecule has 0 bridgehead atoms. The number of nitrogens with one attached hydrogen (secondary N) is 1. The van der Waals surface area contributed by atoms with Crippen molar-refractivity contribution in [1.29, 1.82) is 0 Å². The molecule has 0 saturated heterocycles. The Morgan fingerprint density at radius 2 is 1.81 bits per heavy atom. The molecule has 1 amide bonds. The van der Waals surface area contributed by atoms with Gasteiger partial charge in [-0.2, -0.15) is 13.9 Å². The molecule has 1 aliphatic carbocycles. The summed E-state index contributed by atoms with van der Waals surface area (Å²) < 4.78 is 30.5. The van der Waals surface area contributed by atoms with Crippen LogP contribution in [-0.4, -0.2) is 42.2 Å². The standard InChI is InChI=1S/C26H26F2N6O2/c1-15(32-25(36)26(2,27)28)23(20-11-29-24(30-12-20)16-4-5-16)34-21-8-6-17(10-19(21)13-31-34)18-7-9-22(35)33(3)14-18/h6-16,23H,4-5H2,1-3H3,(H,32,36)/t15?,23-/m0/s1. The number of benzene rings is 1. The number of carbonyl (C=O) groups is 1. The molecular weight excluding hydrogens is 466 g/mol. The van der Waals surface area contributed by atoms with Gasteiger partial charge in [0.2, 0.25) is 5.56 Å². The summed E-state index contributed by atoms with van der Waals surface area (Å²) in [7, 11) is 1.69. The number of nitrogens with zero attached hydrogens (tertiary/aromatic N) is 5. The predicted octanol–water partition coefficient (Wildman–Crippen LogP) is 3.82. The van der Waals surface area contributed by atoms with Crippen LogP contribution in [0.15, 0.2) is 59.9 Å². The van der Waals surface area contributed by atoms with Gasteiger partial charge in [-0.1, -0.05) is 6.07 Å². The van der Waals surface area contributed by atoms with Crippen molar-refractivity contribution in [3.05, 3.63) is 76.9 Å². The van der Waals surface area contributed by atoms with E-state index in [2.05, 4.69) is 20.4 Å². The number of aryl methyl sites for hydroxylation is 1. The van der Waals surface area contributed by atoms with E-state index in [0.717, 1.165) is 40.7 Å². The Hall–Kier alpha value is -3.95. The second kappa shape index (κ2) is 8.92. The third kappa shape index (κ3) is 4.62. The Balaban J connectivity index is 1.54. The van der Waals surface area contributed by atoms with E-state index in [1.807, 2.05) is 18.2 Å².